The van der Waals surface area contributed by atoms with Crippen molar-refractivity contribution >= 4 is 11.6 Å². The molecule has 3 aromatic rings. The van der Waals surface area contributed by atoms with Crippen LogP contribution in [0.15, 0.2) is 84.9 Å². The minimum atomic E-state index is -0.265. The summed E-state index contributed by atoms with van der Waals surface area (Å²) in [6.07, 6.45) is 1.34. The van der Waals surface area contributed by atoms with Crippen LogP contribution in [0, 0.1) is 0 Å². The second kappa shape index (κ2) is 6.77. The third-order valence-corrected chi connectivity index (χ3v) is 5.12. The molecule has 0 heterocycles. The second-order valence-corrected chi connectivity index (χ2v) is 7.00. The number of hydrogen-bond acceptors (Lipinski definition) is 2. The Balaban J connectivity index is 1.39. The number of amides is 1. The predicted octanol–water partition coefficient (Wildman–Crippen LogP) is 4.21. The van der Waals surface area contributed by atoms with Gasteiger partial charge in [-0.15, -0.1) is 0 Å². The monoisotopic (exact) mass is 342 g/mol. The second-order valence-electron chi connectivity index (χ2n) is 7.00. The van der Waals surface area contributed by atoms with Crippen molar-refractivity contribution in [1.29, 1.82) is 0 Å². The Bertz CT molecular complexity index is 891. The zero-order chi connectivity index (χ0) is 18.0. The molecule has 1 amide bonds. The molecule has 0 bridgehead atoms. The Morgan fingerprint density at radius 1 is 0.923 bits per heavy atom. The lowest BCUT2D eigenvalue weighted by atomic mass is 9.99. The lowest BCUT2D eigenvalue weighted by Gasteiger charge is -2.12. The van der Waals surface area contributed by atoms with Crippen LogP contribution >= 0.6 is 0 Å². The van der Waals surface area contributed by atoms with Gasteiger partial charge in [-0.25, -0.2) is 0 Å². The fraction of sp³-hybridized carbons (Fsp3) is 0.174. The van der Waals surface area contributed by atoms with Crippen LogP contribution in [0.1, 0.15) is 29.0 Å². The van der Waals surface area contributed by atoms with Crippen molar-refractivity contribution < 1.29 is 4.79 Å². The molecule has 130 valence electrons. The van der Waals surface area contributed by atoms with Gasteiger partial charge in [0.15, 0.2) is 0 Å². The van der Waals surface area contributed by atoms with Crippen molar-refractivity contribution in [2.45, 2.75) is 24.3 Å². The van der Waals surface area contributed by atoms with Gasteiger partial charge in [0.05, 0.1) is 6.42 Å². The van der Waals surface area contributed by atoms with Crippen molar-refractivity contribution in [3.8, 4) is 0 Å². The van der Waals surface area contributed by atoms with E-state index in [2.05, 4.69) is 29.6 Å². The number of carbonyl (C=O) groups excluding carboxylic acids is 1. The summed E-state index contributed by atoms with van der Waals surface area (Å²) >= 11 is 0. The average molecular weight is 342 g/mol. The standard InChI is InChI=1S/C23H22N2O/c24-23(19-9-5-2-6-10-19)16-21(23)18-11-13-20(14-12-18)25-22(26)15-17-7-3-1-4-8-17/h1-14,21H,15-16,24H2,(H,25,26)/t21-,23+/m0/s1. The van der Waals surface area contributed by atoms with Crippen LogP contribution in [-0.4, -0.2) is 5.91 Å². The average Bonchev–Trinajstić information content (AvgIpc) is 3.37. The number of carbonyl (C=O) groups is 1. The smallest absolute Gasteiger partial charge is 0.228 e. The minimum Gasteiger partial charge on any atom is -0.326 e. The molecule has 3 aromatic carbocycles. The maximum absolute atomic E-state index is 12.2. The van der Waals surface area contributed by atoms with E-state index in [-0.39, 0.29) is 11.4 Å². The molecule has 3 N–H and O–H groups in total. The summed E-state index contributed by atoms with van der Waals surface area (Å²) in [5.74, 6) is 0.326. The predicted molar refractivity (Wildman–Crippen MR) is 105 cm³/mol. The molecule has 26 heavy (non-hydrogen) atoms. The molecule has 2 atom stereocenters. The summed E-state index contributed by atoms with van der Waals surface area (Å²) in [6.45, 7) is 0. The van der Waals surface area contributed by atoms with Gasteiger partial charge < -0.3 is 11.1 Å². The lowest BCUT2D eigenvalue weighted by Crippen LogP contribution is -2.21. The Morgan fingerprint density at radius 2 is 1.54 bits per heavy atom. The van der Waals surface area contributed by atoms with Crippen molar-refractivity contribution in [3.63, 3.8) is 0 Å². The molecule has 0 aromatic heterocycles. The first-order valence-electron chi connectivity index (χ1n) is 8.93. The van der Waals surface area contributed by atoms with Crippen molar-refractivity contribution in [1.82, 2.24) is 0 Å². The van der Waals surface area contributed by atoms with Gasteiger partial charge in [0.25, 0.3) is 0 Å². The minimum absolute atomic E-state index is 0.00664. The molecule has 0 unspecified atom stereocenters. The zero-order valence-electron chi connectivity index (χ0n) is 14.6. The van der Waals surface area contributed by atoms with Crippen LogP contribution in [0.4, 0.5) is 5.69 Å². The van der Waals surface area contributed by atoms with E-state index in [9.17, 15) is 4.79 Å². The zero-order valence-corrected chi connectivity index (χ0v) is 14.6. The Kier molecular flexibility index (Phi) is 4.31. The van der Waals surface area contributed by atoms with Gasteiger partial charge in [-0.3, -0.25) is 4.79 Å². The highest BCUT2D eigenvalue weighted by Crippen LogP contribution is 2.56. The van der Waals surface area contributed by atoms with E-state index in [1.807, 2.05) is 60.7 Å². The molecule has 0 spiro atoms. The van der Waals surface area contributed by atoms with E-state index >= 15 is 0 Å². The normalized spacial score (nSPS) is 21.2. The number of anilines is 1. The van der Waals surface area contributed by atoms with Crippen molar-refractivity contribution in [2.24, 2.45) is 5.73 Å². The highest BCUT2D eigenvalue weighted by atomic mass is 16.1. The van der Waals surface area contributed by atoms with Gasteiger partial charge >= 0.3 is 0 Å². The van der Waals surface area contributed by atoms with Gasteiger partial charge in [-0.1, -0.05) is 72.8 Å². The molecule has 0 radical (unpaired) electrons. The molecule has 4 rings (SSSR count). The highest BCUT2D eigenvalue weighted by Gasteiger charge is 2.52. The molecular weight excluding hydrogens is 320 g/mol. The van der Waals surface area contributed by atoms with Gasteiger partial charge in [0.2, 0.25) is 5.91 Å². The summed E-state index contributed by atoms with van der Waals surface area (Å²) in [5, 5.41) is 2.96. The van der Waals surface area contributed by atoms with Crippen molar-refractivity contribution in [3.05, 3.63) is 102 Å². The molecule has 3 nitrogen and oxygen atoms in total. The van der Waals surface area contributed by atoms with E-state index in [1.54, 1.807) is 0 Å². The molecular formula is C23H22N2O. The number of nitrogens with one attached hydrogen (secondary N) is 1. The molecule has 1 aliphatic rings. The summed E-state index contributed by atoms with van der Waals surface area (Å²) in [4.78, 5) is 12.2. The third kappa shape index (κ3) is 3.39. The first kappa shape index (κ1) is 16.6. The van der Waals surface area contributed by atoms with Crippen molar-refractivity contribution in [2.75, 3.05) is 5.32 Å². The topological polar surface area (TPSA) is 55.1 Å². The van der Waals surface area contributed by atoms with Gasteiger partial charge in [0.1, 0.15) is 0 Å². The summed E-state index contributed by atoms with van der Waals surface area (Å²) < 4.78 is 0. The van der Waals surface area contributed by atoms with Gasteiger partial charge in [-0.05, 0) is 35.2 Å². The Morgan fingerprint density at radius 3 is 2.19 bits per heavy atom. The molecule has 1 saturated carbocycles. The largest absolute Gasteiger partial charge is 0.326 e. The van der Waals surface area contributed by atoms with E-state index in [4.69, 9.17) is 5.73 Å². The number of rotatable bonds is 5. The third-order valence-electron chi connectivity index (χ3n) is 5.12. The fourth-order valence-corrected chi connectivity index (χ4v) is 3.55. The molecule has 0 aliphatic heterocycles. The van der Waals surface area contributed by atoms with Gasteiger partial charge in [-0.2, -0.15) is 0 Å². The Labute approximate surface area is 153 Å². The lowest BCUT2D eigenvalue weighted by molar-refractivity contribution is -0.115. The summed E-state index contributed by atoms with van der Waals surface area (Å²) in [6, 6.07) is 28.1. The SMILES string of the molecule is N[C@@]1(c2ccccc2)C[C@H]1c1ccc(NC(=O)Cc2ccccc2)cc1. The van der Waals surface area contributed by atoms with Gasteiger partial charge in [0, 0.05) is 17.1 Å². The van der Waals surface area contributed by atoms with Crippen LogP contribution in [-0.2, 0) is 16.8 Å². The maximum atomic E-state index is 12.2. The summed E-state index contributed by atoms with van der Waals surface area (Å²) in [7, 11) is 0. The van der Waals surface area contributed by atoms with Crippen LogP contribution < -0.4 is 11.1 Å². The first-order chi connectivity index (χ1) is 12.6. The van der Waals surface area contributed by atoms with Crippen LogP contribution in [0.3, 0.4) is 0 Å². The van der Waals surface area contributed by atoms with Crippen LogP contribution in [0.2, 0.25) is 0 Å². The van der Waals surface area contributed by atoms with E-state index in [0.29, 0.717) is 12.3 Å². The molecule has 1 fully saturated rings. The molecule has 3 heteroatoms. The number of hydrogen-bond donors (Lipinski definition) is 2. The molecule has 0 saturated heterocycles. The Hall–Kier alpha value is -2.91. The van der Waals surface area contributed by atoms with E-state index in [1.165, 1.54) is 11.1 Å². The van der Waals surface area contributed by atoms with Crippen LogP contribution in [0.25, 0.3) is 0 Å². The molecule has 1 aliphatic carbocycles. The quantitative estimate of drug-likeness (QED) is 0.730. The fourth-order valence-electron chi connectivity index (χ4n) is 3.55. The number of nitrogens with two attached hydrogens (primary N) is 1. The van der Waals surface area contributed by atoms with Crippen LogP contribution in [0.5, 0.6) is 0 Å². The van der Waals surface area contributed by atoms with E-state index in [0.717, 1.165) is 17.7 Å². The highest BCUT2D eigenvalue weighted by molar-refractivity contribution is 5.92. The maximum Gasteiger partial charge on any atom is 0.228 e. The van der Waals surface area contributed by atoms with E-state index < -0.39 is 0 Å². The summed E-state index contributed by atoms with van der Waals surface area (Å²) in [5.41, 5.74) is 10.5. The number of benzene rings is 3. The first-order valence-corrected chi connectivity index (χ1v) is 8.93.